The molecule has 5 heteroatoms. The minimum absolute atomic E-state index is 0.699. The van der Waals surface area contributed by atoms with Crippen molar-refractivity contribution in [3.05, 3.63) is 70.5 Å². The predicted octanol–water partition coefficient (Wildman–Crippen LogP) is 6.68. The van der Waals surface area contributed by atoms with Crippen LogP contribution in [0.3, 0.4) is 0 Å². The fourth-order valence-corrected chi connectivity index (χ4v) is 4.51. The summed E-state index contributed by atoms with van der Waals surface area (Å²) in [6.45, 7) is 6.01. The SMILES string of the molecule is Cc1cc(C)c(Nc2nc(C)nc3sc(-c4ccccc4)cc23)c(Cl)c1. The summed E-state index contributed by atoms with van der Waals surface area (Å²) in [6.07, 6.45) is 0. The standard InChI is InChI=1S/C21H18ClN3S/c1-12-9-13(2)19(17(22)10-12)25-20-16-11-18(15-7-5-4-6-8-15)26-21(16)24-14(3)23-20/h4-11H,1-3H3,(H,23,24,25). The van der Waals surface area contributed by atoms with E-state index in [9.17, 15) is 0 Å². The molecule has 0 saturated carbocycles. The first-order valence-electron chi connectivity index (χ1n) is 8.38. The number of hydrogen-bond donors (Lipinski definition) is 1. The third-order valence-electron chi connectivity index (χ3n) is 4.24. The van der Waals surface area contributed by atoms with Gasteiger partial charge in [-0.05, 0) is 49.6 Å². The van der Waals surface area contributed by atoms with Crippen LogP contribution in [0.25, 0.3) is 20.7 Å². The van der Waals surface area contributed by atoms with Gasteiger partial charge in [0.25, 0.3) is 0 Å². The first-order valence-corrected chi connectivity index (χ1v) is 9.58. The topological polar surface area (TPSA) is 37.8 Å². The zero-order valence-corrected chi connectivity index (χ0v) is 16.4. The van der Waals surface area contributed by atoms with Crippen LogP contribution in [0, 0.1) is 20.8 Å². The number of fused-ring (bicyclic) bond motifs is 1. The number of anilines is 2. The van der Waals surface area contributed by atoms with Crippen molar-refractivity contribution >= 4 is 44.7 Å². The van der Waals surface area contributed by atoms with E-state index in [1.807, 2.05) is 38.1 Å². The van der Waals surface area contributed by atoms with Crippen LogP contribution < -0.4 is 5.32 Å². The molecule has 2 aromatic carbocycles. The van der Waals surface area contributed by atoms with Crippen molar-refractivity contribution in [2.24, 2.45) is 0 Å². The molecule has 4 aromatic rings. The molecular formula is C21H18ClN3S. The van der Waals surface area contributed by atoms with E-state index in [4.69, 9.17) is 11.6 Å². The quantitative estimate of drug-likeness (QED) is 0.431. The van der Waals surface area contributed by atoms with Gasteiger partial charge in [-0.1, -0.05) is 48.0 Å². The maximum atomic E-state index is 6.47. The van der Waals surface area contributed by atoms with Gasteiger partial charge in [-0.2, -0.15) is 0 Å². The highest BCUT2D eigenvalue weighted by Gasteiger charge is 2.14. The minimum atomic E-state index is 0.699. The number of nitrogens with zero attached hydrogens (tertiary/aromatic N) is 2. The lowest BCUT2D eigenvalue weighted by Crippen LogP contribution is -2.00. The van der Waals surface area contributed by atoms with E-state index >= 15 is 0 Å². The Bertz CT molecular complexity index is 1080. The molecule has 2 heterocycles. The van der Waals surface area contributed by atoms with Crippen molar-refractivity contribution < 1.29 is 0 Å². The van der Waals surface area contributed by atoms with E-state index in [2.05, 4.69) is 46.5 Å². The van der Waals surface area contributed by atoms with E-state index in [0.29, 0.717) is 5.02 Å². The molecular weight excluding hydrogens is 362 g/mol. The summed E-state index contributed by atoms with van der Waals surface area (Å²) in [7, 11) is 0. The van der Waals surface area contributed by atoms with Crippen LogP contribution in [-0.2, 0) is 0 Å². The number of benzene rings is 2. The summed E-state index contributed by atoms with van der Waals surface area (Å²) in [5.41, 5.74) is 4.31. The summed E-state index contributed by atoms with van der Waals surface area (Å²) in [5.74, 6) is 1.53. The molecule has 0 fully saturated rings. The van der Waals surface area contributed by atoms with Gasteiger partial charge in [0.15, 0.2) is 0 Å². The van der Waals surface area contributed by atoms with Gasteiger partial charge >= 0.3 is 0 Å². The van der Waals surface area contributed by atoms with Crippen molar-refractivity contribution in [1.29, 1.82) is 0 Å². The molecule has 0 radical (unpaired) electrons. The summed E-state index contributed by atoms with van der Waals surface area (Å²) >= 11 is 8.15. The van der Waals surface area contributed by atoms with Crippen molar-refractivity contribution in [2.75, 3.05) is 5.32 Å². The lowest BCUT2D eigenvalue weighted by Gasteiger charge is -2.13. The Balaban J connectivity index is 1.84. The lowest BCUT2D eigenvalue weighted by molar-refractivity contribution is 1.10. The molecule has 0 bridgehead atoms. The molecule has 0 aliphatic heterocycles. The van der Waals surface area contributed by atoms with E-state index in [1.165, 1.54) is 10.4 Å². The average molecular weight is 380 g/mol. The number of aryl methyl sites for hydroxylation is 3. The summed E-state index contributed by atoms with van der Waals surface area (Å²) in [5, 5.41) is 5.15. The third kappa shape index (κ3) is 3.18. The van der Waals surface area contributed by atoms with Crippen LogP contribution >= 0.6 is 22.9 Å². The predicted molar refractivity (Wildman–Crippen MR) is 112 cm³/mol. The molecule has 130 valence electrons. The first kappa shape index (κ1) is 17.0. The van der Waals surface area contributed by atoms with Crippen LogP contribution in [0.2, 0.25) is 5.02 Å². The van der Waals surface area contributed by atoms with Crippen molar-refractivity contribution in [1.82, 2.24) is 9.97 Å². The molecule has 0 aliphatic rings. The number of aromatic nitrogens is 2. The van der Waals surface area contributed by atoms with Crippen LogP contribution in [0.1, 0.15) is 17.0 Å². The maximum Gasteiger partial charge on any atom is 0.142 e. The van der Waals surface area contributed by atoms with Gasteiger partial charge in [0, 0.05) is 4.88 Å². The Hall–Kier alpha value is -2.43. The Labute approximate surface area is 161 Å². The molecule has 0 aliphatic carbocycles. The summed E-state index contributed by atoms with van der Waals surface area (Å²) in [6, 6.07) is 16.6. The van der Waals surface area contributed by atoms with Crippen molar-refractivity contribution in [2.45, 2.75) is 20.8 Å². The molecule has 26 heavy (non-hydrogen) atoms. The van der Waals surface area contributed by atoms with E-state index in [0.717, 1.165) is 38.7 Å². The highest BCUT2D eigenvalue weighted by molar-refractivity contribution is 7.21. The first-order chi connectivity index (χ1) is 12.5. The van der Waals surface area contributed by atoms with E-state index in [-0.39, 0.29) is 0 Å². The van der Waals surface area contributed by atoms with Crippen LogP contribution in [0.4, 0.5) is 11.5 Å². The van der Waals surface area contributed by atoms with Gasteiger partial charge in [0.1, 0.15) is 16.5 Å². The van der Waals surface area contributed by atoms with Gasteiger partial charge in [0.05, 0.1) is 16.1 Å². The molecule has 4 rings (SSSR count). The second kappa shape index (κ2) is 6.71. The minimum Gasteiger partial charge on any atom is -0.338 e. The lowest BCUT2D eigenvalue weighted by atomic mass is 10.1. The van der Waals surface area contributed by atoms with Crippen molar-refractivity contribution in [3.8, 4) is 10.4 Å². The van der Waals surface area contributed by atoms with Gasteiger partial charge in [-0.25, -0.2) is 9.97 Å². The maximum absolute atomic E-state index is 6.47. The largest absolute Gasteiger partial charge is 0.338 e. The number of nitrogens with one attached hydrogen (secondary N) is 1. The zero-order valence-electron chi connectivity index (χ0n) is 14.8. The second-order valence-corrected chi connectivity index (χ2v) is 7.82. The molecule has 2 aromatic heterocycles. The van der Waals surface area contributed by atoms with Crippen molar-refractivity contribution in [3.63, 3.8) is 0 Å². The molecule has 0 saturated heterocycles. The smallest absolute Gasteiger partial charge is 0.142 e. The van der Waals surface area contributed by atoms with Gasteiger partial charge in [-0.15, -0.1) is 11.3 Å². The number of rotatable bonds is 3. The zero-order chi connectivity index (χ0) is 18.3. The Morgan fingerprint density at radius 3 is 2.46 bits per heavy atom. The molecule has 3 nitrogen and oxygen atoms in total. The van der Waals surface area contributed by atoms with Gasteiger partial charge in [-0.3, -0.25) is 0 Å². The summed E-state index contributed by atoms with van der Waals surface area (Å²) < 4.78 is 0. The highest BCUT2D eigenvalue weighted by Crippen LogP contribution is 2.37. The molecule has 0 amide bonds. The van der Waals surface area contributed by atoms with Gasteiger partial charge < -0.3 is 5.32 Å². The number of hydrogen-bond acceptors (Lipinski definition) is 4. The molecule has 0 atom stereocenters. The van der Waals surface area contributed by atoms with Crippen LogP contribution in [0.15, 0.2) is 48.5 Å². The highest BCUT2D eigenvalue weighted by atomic mass is 35.5. The number of thiophene rings is 1. The Morgan fingerprint density at radius 2 is 1.73 bits per heavy atom. The summed E-state index contributed by atoms with van der Waals surface area (Å²) in [4.78, 5) is 11.4. The second-order valence-electron chi connectivity index (χ2n) is 6.38. The van der Waals surface area contributed by atoms with E-state index in [1.54, 1.807) is 11.3 Å². The fraction of sp³-hybridized carbons (Fsp3) is 0.143. The Kier molecular flexibility index (Phi) is 4.39. The molecule has 0 spiro atoms. The van der Waals surface area contributed by atoms with Gasteiger partial charge in [0.2, 0.25) is 0 Å². The Morgan fingerprint density at radius 1 is 0.962 bits per heavy atom. The van der Waals surface area contributed by atoms with E-state index < -0.39 is 0 Å². The molecule has 0 unspecified atom stereocenters. The van der Waals surface area contributed by atoms with Crippen LogP contribution in [0.5, 0.6) is 0 Å². The van der Waals surface area contributed by atoms with Crippen LogP contribution in [-0.4, -0.2) is 9.97 Å². The monoisotopic (exact) mass is 379 g/mol. The average Bonchev–Trinajstić information content (AvgIpc) is 3.02. The fourth-order valence-electron chi connectivity index (χ4n) is 3.06. The molecule has 1 N–H and O–H groups in total. The number of halogens is 1. The third-order valence-corrected chi connectivity index (χ3v) is 5.61. The normalized spacial score (nSPS) is 11.1.